The number of piperazine rings is 1. The van der Waals surface area contributed by atoms with Gasteiger partial charge in [0.1, 0.15) is 5.82 Å². The summed E-state index contributed by atoms with van der Waals surface area (Å²) in [6.45, 7) is 8.46. The number of nitrogens with one attached hydrogen (secondary N) is 1. The van der Waals surface area contributed by atoms with Crippen LogP contribution in [0, 0.1) is 0 Å². The van der Waals surface area contributed by atoms with Crippen LogP contribution in [0.4, 0.5) is 11.6 Å². The zero-order valence-electron chi connectivity index (χ0n) is 13.1. The molecule has 1 saturated heterocycles. The van der Waals surface area contributed by atoms with Crippen LogP contribution in [0.1, 0.15) is 20.3 Å². The van der Waals surface area contributed by atoms with Gasteiger partial charge in [-0.15, -0.1) is 0 Å². The molecule has 1 atom stereocenters. The van der Waals surface area contributed by atoms with E-state index in [9.17, 15) is 0 Å². The van der Waals surface area contributed by atoms with Gasteiger partial charge in [0.2, 0.25) is 0 Å². The Morgan fingerprint density at radius 2 is 2.24 bits per heavy atom. The van der Waals surface area contributed by atoms with E-state index in [1.54, 1.807) is 0 Å². The molecular formula is C15H24N6. The molecule has 3 heterocycles. The third kappa shape index (κ3) is 2.81. The molecule has 1 fully saturated rings. The van der Waals surface area contributed by atoms with Crippen molar-refractivity contribution in [3.63, 3.8) is 0 Å². The van der Waals surface area contributed by atoms with Crippen LogP contribution >= 0.6 is 0 Å². The smallest absolute Gasteiger partial charge is 0.180 e. The molecule has 1 N–H and O–H groups in total. The van der Waals surface area contributed by atoms with Gasteiger partial charge in [-0.25, -0.2) is 9.97 Å². The Bertz CT molecular complexity index is 607. The molecule has 2 aromatic heterocycles. The van der Waals surface area contributed by atoms with E-state index < -0.39 is 0 Å². The van der Waals surface area contributed by atoms with E-state index in [1.807, 2.05) is 18.6 Å². The van der Waals surface area contributed by atoms with Gasteiger partial charge in [-0.3, -0.25) is 0 Å². The maximum Gasteiger partial charge on any atom is 0.180 e. The van der Waals surface area contributed by atoms with Gasteiger partial charge in [-0.2, -0.15) is 0 Å². The highest BCUT2D eigenvalue weighted by atomic mass is 15.3. The van der Waals surface area contributed by atoms with E-state index in [2.05, 4.69) is 45.4 Å². The van der Waals surface area contributed by atoms with Crippen molar-refractivity contribution < 1.29 is 0 Å². The number of nitrogens with zero attached hydrogens (tertiary/aromatic N) is 5. The average molecular weight is 288 g/mol. The van der Waals surface area contributed by atoms with Gasteiger partial charge in [-0.1, -0.05) is 6.92 Å². The minimum absolute atomic E-state index is 0.443. The molecule has 6 nitrogen and oxygen atoms in total. The summed E-state index contributed by atoms with van der Waals surface area (Å²) < 4.78 is 2.06. The minimum atomic E-state index is 0.443. The first-order valence-corrected chi connectivity index (χ1v) is 7.71. The molecule has 0 saturated carbocycles. The lowest BCUT2D eigenvalue weighted by Gasteiger charge is -2.39. The van der Waals surface area contributed by atoms with Crippen LogP contribution in [0.15, 0.2) is 18.6 Å². The predicted octanol–water partition coefficient (Wildman–Crippen LogP) is 1.69. The summed E-state index contributed by atoms with van der Waals surface area (Å²) in [6, 6.07) is 0.443. The van der Waals surface area contributed by atoms with Crippen LogP contribution in [0.5, 0.6) is 0 Å². The summed E-state index contributed by atoms with van der Waals surface area (Å²) >= 11 is 0. The second-order valence-corrected chi connectivity index (χ2v) is 5.84. The molecule has 0 aliphatic carbocycles. The van der Waals surface area contributed by atoms with Crippen molar-refractivity contribution in [2.45, 2.75) is 26.3 Å². The van der Waals surface area contributed by atoms with E-state index in [0.717, 1.165) is 49.9 Å². The van der Waals surface area contributed by atoms with Gasteiger partial charge in [0, 0.05) is 44.6 Å². The van der Waals surface area contributed by atoms with Crippen molar-refractivity contribution in [1.29, 1.82) is 0 Å². The fourth-order valence-electron chi connectivity index (χ4n) is 2.90. The molecule has 1 aliphatic rings. The van der Waals surface area contributed by atoms with Crippen LogP contribution in [0.2, 0.25) is 0 Å². The summed E-state index contributed by atoms with van der Waals surface area (Å²) in [5.41, 5.74) is 0.938. The molecule has 0 amide bonds. The molecule has 0 spiro atoms. The second-order valence-electron chi connectivity index (χ2n) is 5.84. The Morgan fingerprint density at radius 3 is 3.00 bits per heavy atom. The zero-order valence-corrected chi connectivity index (χ0v) is 13.1. The number of hydrogen-bond donors (Lipinski definition) is 1. The fourth-order valence-corrected chi connectivity index (χ4v) is 2.90. The largest absolute Gasteiger partial charge is 0.369 e. The highest BCUT2D eigenvalue weighted by Gasteiger charge is 2.25. The van der Waals surface area contributed by atoms with Gasteiger partial charge < -0.3 is 19.5 Å². The summed E-state index contributed by atoms with van der Waals surface area (Å²) in [7, 11) is 2.17. The van der Waals surface area contributed by atoms with Crippen LogP contribution in [-0.2, 0) is 0 Å². The molecule has 1 unspecified atom stereocenters. The molecule has 0 aromatic carbocycles. The highest BCUT2D eigenvalue weighted by molar-refractivity contribution is 5.67. The maximum atomic E-state index is 4.82. The van der Waals surface area contributed by atoms with Crippen LogP contribution < -0.4 is 10.2 Å². The summed E-state index contributed by atoms with van der Waals surface area (Å²) in [5.74, 6) is 1.91. The van der Waals surface area contributed by atoms with Crippen molar-refractivity contribution in [3.8, 4) is 0 Å². The summed E-state index contributed by atoms with van der Waals surface area (Å²) in [5, 5.41) is 3.38. The first-order valence-electron chi connectivity index (χ1n) is 7.71. The lowest BCUT2D eigenvalue weighted by molar-refractivity contribution is 0.275. The predicted molar refractivity (Wildman–Crippen MR) is 86.1 cm³/mol. The molecule has 21 heavy (non-hydrogen) atoms. The van der Waals surface area contributed by atoms with Crippen molar-refractivity contribution in [2.24, 2.45) is 0 Å². The topological polar surface area (TPSA) is 48.7 Å². The Balaban J connectivity index is 1.97. The molecule has 1 aliphatic heterocycles. The number of rotatable bonds is 4. The number of imidazole rings is 1. The van der Waals surface area contributed by atoms with Gasteiger partial charge in [0.05, 0.1) is 6.20 Å². The Kier molecular flexibility index (Phi) is 3.96. The summed E-state index contributed by atoms with van der Waals surface area (Å²) in [6.07, 6.45) is 6.93. The fraction of sp³-hybridized carbons (Fsp3) is 0.600. The molecule has 6 heteroatoms. The number of hydrogen-bond acceptors (Lipinski definition) is 5. The molecule has 114 valence electrons. The number of likely N-dealkylation sites (N-methyl/N-ethyl adjacent to an activating group) is 1. The SMILES string of the molecule is CCCNc1cn2ccnc2c(N2CCN(C)CC2C)n1. The molecule has 2 aromatic rings. The first kappa shape index (κ1) is 14.1. The van der Waals surface area contributed by atoms with E-state index in [-0.39, 0.29) is 0 Å². The highest BCUT2D eigenvalue weighted by Crippen LogP contribution is 2.24. The maximum absolute atomic E-state index is 4.82. The lowest BCUT2D eigenvalue weighted by Crippen LogP contribution is -2.51. The number of anilines is 2. The van der Waals surface area contributed by atoms with Crippen LogP contribution in [0.25, 0.3) is 5.65 Å². The molecule has 0 bridgehead atoms. The molecular weight excluding hydrogens is 264 g/mol. The van der Waals surface area contributed by atoms with Crippen LogP contribution in [0.3, 0.4) is 0 Å². The van der Waals surface area contributed by atoms with E-state index in [1.165, 1.54) is 0 Å². The second kappa shape index (κ2) is 5.89. The van der Waals surface area contributed by atoms with E-state index >= 15 is 0 Å². The van der Waals surface area contributed by atoms with Gasteiger partial charge >= 0.3 is 0 Å². The molecule has 3 rings (SSSR count). The third-order valence-corrected chi connectivity index (χ3v) is 4.02. The van der Waals surface area contributed by atoms with Gasteiger partial charge in [-0.05, 0) is 20.4 Å². The van der Waals surface area contributed by atoms with Crippen molar-refractivity contribution in [2.75, 3.05) is 43.4 Å². The van der Waals surface area contributed by atoms with Gasteiger partial charge in [0.25, 0.3) is 0 Å². The number of aromatic nitrogens is 3. The Hall–Kier alpha value is -1.82. The van der Waals surface area contributed by atoms with Crippen molar-refractivity contribution in [3.05, 3.63) is 18.6 Å². The normalized spacial score (nSPS) is 20.1. The Labute approximate surface area is 125 Å². The van der Waals surface area contributed by atoms with Crippen LogP contribution in [-0.4, -0.2) is 58.5 Å². The quantitative estimate of drug-likeness (QED) is 0.928. The zero-order chi connectivity index (χ0) is 14.8. The van der Waals surface area contributed by atoms with E-state index in [0.29, 0.717) is 6.04 Å². The monoisotopic (exact) mass is 288 g/mol. The minimum Gasteiger partial charge on any atom is -0.369 e. The third-order valence-electron chi connectivity index (χ3n) is 4.02. The first-order chi connectivity index (χ1) is 10.2. The standard InChI is InChI=1S/C15H24N6/c1-4-5-16-13-11-20-7-6-17-14(20)15(18-13)21-9-8-19(3)10-12(21)2/h6-7,11-12,16H,4-5,8-10H2,1-3H3. The lowest BCUT2D eigenvalue weighted by atomic mass is 10.2. The number of fused-ring (bicyclic) bond motifs is 1. The van der Waals surface area contributed by atoms with Crippen molar-refractivity contribution in [1.82, 2.24) is 19.3 Å². The average Bonchev–Trinajstić information content (AvgIpc) is 2.93. The summed E-state index contributed by atoms with van der Waals surface area (Å²) in [4.78, 5) is 14.0. The molecule has 0 radical (unpaired) electrons. The van der Waals surface area contributed by atoms with Crippen molar-refractivity contribution >= 4 is 17.3 Å². The van der Waals surface area contributed by atoms with Gasteiger partial charge in [0.15, 0.2) is 11.5 Å². The van der Waals surface area contributed by atoms with E-state index in [4.69, 9.17) is 4.98 Å². The Morgan fingerprint density at radius 1 is 1.38 bits per heavy atom.